The Morgan fingerprint density at radius 3 is 2.56 bits per heavy atom. The van der Waals surface area contributed by atoms with Crippen molar-refractivity contribution in [2.75, 3.05) is 26.3 Å². The number of esters is 1. The average molecular weight is 378 g/mol. The van der Waals surface area contributed by atoms with Crippen LogP contribution in [0.5, 0.6) is 5.75 Å². The Bertz CT molecular complexity index is 656. The third-order valence-corrected chi connectivity index (χ3v) is 3.68. The first-order chi connectivity index (χ1) is 12.8. The van der Waals surface area contributed by atoms with Crippen molar-refractivity contribution in [3.8, 4) is 5.75 Å². The summed E-state index contributed by atoms with van der Waals surface area (Å²) in [6.45, 7) is 6.06. The maximum Gasteiger partial charge on any atom is 0.411 e. The van der Waals surface area contributed by atoms with E-state index in [-0.39, 0.29) is 26.2 Å². The lowest BCUT2D eigenvalue weighted by atomic mass is 10.1. The Labute approximate surface area is 158 Å². The lowest BCUT2D eigenvalue weighted by Crippen LogP contribution is -2.58. The molecule has 0 aliphatic carbocycles. The molecule has 0 saturated carbocycles. The summed E-state index contributed by atoms with van der Waals surface area (Å²) >= 11 is 0. The van der Waals surface area contributed by atoms with Crippen molar-refractivity contribution in [3.63, 3.8) is 0 Å². The van der Waals surface area contributed by atoms with Gasteiger partial charge in [-0.15, -0.1) is 0 Å². The largest absolute Gasteiger partial charge is 0.490 e. The number of carbonyl (C=O) groups excluding carboxylic acids is 3. The Morgan fingerprint density at radius 2 is 1.89 bits per heavy atom. The van der Waals surface area contributed by atoms with Gasteiger partial charge in [-0.2, -0.15) is 0 Å². The Kier molecular flexibility index (Phi) is 7.04. The zero-order valence-electron chi connectivity index (χ0n) is 15.9. The molecular formula is C19H26N2O6. The van der Waals surface area contributed by atoms with Gasteiger partial charge in [0.15, 0.2) is 0 Å². The molecular weight excluding hydrogens is 352 g/mol. The van der Waals surface area contributed by atoms with Gasteiger partial charge in [0.2, 0.25) is 5.91 Å². The van der Waals surface area contributed by atoms with Gasteiger partial charge in [-0.3, -0.25) is 14.5 Å². The van der Waals surface area contributed by atoms with Gasteiger partial charge >= 0.3 is 12.1 Å². The standard InChI is InChI=1S/C19H26N2O6/c1-19(2,3)27-18(24)21-10-9-20-17(23)15(21)13-16(22)26-12-11-25-14-7-5-4-6-8-14/h4-8,15H,9-13H2,1-3H3,(H,20,23)/t15-/m0/s1. The zero-order chi connectivity index (χ0) is 19.9. The van der Waals surface area contributed by atoms with Crippen LogP contribution in [0.3, 0.4) is 0 Å². The molecule has 1 atom stereocenters. The molecule has 0 unspecified atom stereocenters. The summed E-state index contributed by atoms with van der Waals surface area (Å²) in [6, 6.07) is 8.21. The van der Waals surface area contributed by atoms with Crippen LogP contribution in [0.4, 0.5) is 4.79 Å². The van der Waals surface area contributed by atoms with Crippen molar-refractivity contribution in [2.24, 2.45) is 0 Å². The first-order valence-electron chi connectivity index (χ1n) is 8.87. The minimum absolute atomic E-state index is 0.0501. The number of nitrogens with one attached hydrogen (secondary N) is 1. The van der Waals surface area contributed by atoms with Crippen LogP contribution in [0.15, 0.2) is 30.3 Å². The summed E-state index contributed by atoms with van der Waals surface area (Å²) < 4.78 is 15.9. The molecule has 2 rings (SSSR count). The smallest absolute Gasteiger partial charge is 0.411 e. The van der Waals surface area contributed by atoms with E-state index in [2.05, 4.69) is 5.32 Å². The topological polar surface area (TPSA) is 94.2 Å². The van der Waals surface area contributed by atoms with E-state index >= 15 is 0 Å². The zero-order valence-corrected chi connectivity index (χ0v) is 15.9. The molecule has 148 valence electrons. The number of hydrogen-bond acceptors (Lipinski definition) is 6. The van der Waals surface area contributed by atoms with Gasteiger partial charge in [0.25, 0.3) is 0 Å². The van der Waals surface area contributed by atoms with Crippen molar-refractivity contribution in [3.05, 3.63) is 30.3 Å². The summed E-state index contributed by atoms with van der Waals surface area (Å²) in [5.41, 5.74) is -0.690. The third-order valence-electron chi connectivity index (χ3n) is 3.68. The Morgan fingerprint density at radius 1 is 1.19 bits per heavy atom. The van der Waals surface area contributed by atoms with E-state index in [1.807, 2.05) is 18.2 Å². The molecule has 27 heavy (non-hydrogen) atoms. The number of ether oxygens (including phenoxy) is 3. The Balaban J connectivity index is 1.83. The van der Waals surface area contributed by atoms with Crippen LogP contribution in [-0.2, 0) is 19.1 Å². The molecule has 8 heteroatoms. The fourth-order valence-corrected chi connectivity index (χ4v) is 2.51. The van der Waals surface area contributed by atoms with Crippen LogP contribution < -0.4 is 10.1 Å². The second-order valence-electron chi connectivity index (χ2n) is 7.07. The second-order valence-corrected chi connectivity index (χ2v) is 7.07. The second kappa shape index (κ2) is 9.25. The molecule has 2 amide bonds. The minimum atomic E-state index is -0.948. The first-order valence-corrected chi connectivity index (χ1v) is 8.87. The SMILES string of the molecule is CC(C)(C)OC(=O)N1CCNC(=O)[C@@H]1CC(=O)OCCOc1ccccc1. The minimum Gasteiger partial charge on any atom is -0.490 e. The molecule has 1 heterocycles. The van der Waals surface area contributed by atoms with Crippen molar-refractivity contribution < 1.29 is 28.6 Å². The van der Waals surface area contributed by atoms with Crippen molar-refractivity contribution in [1.82, 2.24) is 10.2 Å². The lowest BCUT2D eigenvalue weighted by Gasteiger charge is -2.35. The first kappa shape index (κ1) is 20.5. The summed E-state index contributed by atoms with van der Waals surface area (Å²) in [6.07, 6.45) is -0.862. The maximum absolute atomic E-state index is 12.3. The summed E-state index contributed by atoms with van der Waals surface area (Å²) in [7, 11) is 0. The van der Waals surface area contributed by atoms with Crippen molar-refractivity contribution in [1.29, 1.82) is 0 Å². The molecule has 1 N–H and O–H groups in total. The lowest BCUT2D eigenvalue weighted by molar-refractivity contribution is -0.148. The molecule has 8 nitrogen and oxygen atoms in total. The predicted molar refractivity (Wildman–Crippen MR) is 97.3 cm³/mol. The van der Waals surface area contributed by atoms with Crippen LogP contribution in [0.2, 0.25) is 0 Å². The monoisotopic (exact) mass is 378 g/mol. The van der Waals surface area contributed by atoms with Gasteiger partial charge < -0.3 is 19.5 Å². The van der Waals surface area contributed by atoms with Gasteiger partial charge in [-0.25, -0.2) is 4.79 Å². The number of para-hydroxylation sites is 1. The molecule has 0 radical (unpaired) electrons. The fourth-order valence-electron chi connectivity index (χ4n) is 2.51. The number of benzene rings is 1. The van der Waals surface area contributed by atoms with Gasteiger partial charge in [0, 0.05) is 13.1 Å². The van der Waals surface area contributed by atoms with Crippen LogP contribution >= 0.6 is 0 Å². The van der Waals surface area contributed by atoms with E-state index in [0.29, 0.717) is 12.3 Å². The third kappa shape index (κ3) is 6.80. The van der Waals surface area contributed by atoms with Crippen LogP contribution in [0.25, 0.3) is 0 Å². The molecule has 0 spiro atoms. The summed E-state index contributed by atoms with van der Waals surface area (Å²) in [5, 5.41) is 2.65. The molecule has 1 aromatic carbocycles. The van der Waals surface area contributed by atoms with Crippen molar-refractivity contribution >= 4 is 18.0 Å². The summed E-state index contributed by atoms with van der Waals surface area (Å²) in [5.74, 6) is -0.303. The molecule has 1 aromatic rings. The highest BCUT2D eigenvalue weighted by Crippen LogP contribution is 2.16. The number of nitrogens with zero attached hydrogens (tertiary/aromatic N) is 1. The Hall–Kier alpha value is -2.77. The normalized spacial score (nSPS) is 17.1. The number of rotatable bonds is 6. The number of carbonyl (C=O) groups is 3. The highest BCUT2D eigenvalue weighted by molar-refractivity contribution is 5.90. The fraction of sp³-hybridized carbons (Fsp3) is 0.526. The average Bonchev–Trinajstić information content (AvgIpc) is 2.60. The molecule has 0 aromatic heterocycles. The van der Waals surface area contributed by atoms with Gasteiger partial charge in [0.05, 0.1) is 6.42 Å². The maximum atomic E-state index is 12.3. The molecule has 1 aliphatic heterocycles. The molecule has 1 aliphatic rings. The molecule has 0 bridgehead atoms. The highest BCUT2D eigenvalue weighted by Gasteiger charge is 2.37. The van der Waals surface area contributed by atoms with E-state index in [4.69, 9.17) is 14.2 Å². The number of piperazine rings is 1. The quantitative estimate of drug-likeness (QED) is 0.599. The van der Waals surface area contributed by atoms with Gasteiger partial charge in [-0.1, -0.05) is 18.2 Å². The predicted octanol–water partition coefficient (Wildman–Crippen LogP) is 1.73. The van der Waals surface area contributed by atoms with Crippen LogP contribution in [0.1, 0.15) is 27.2 Å². The molecule has 1 fully saturated rings. The van der Waals surface area contributed by atoms with E-state index < -0.39 is 29.6 Å². The van der Waals surface area contributed by atoms with E-state index in [9.17, 15) is 14.4 Å². The van der Waals surface area contributed by atoms with Crippen LogP contribution in [0, 0.1) is 0 Å². The molecule has 1 saturated heterocycles. The van der Waals surface area contributed by atoms with Gasteiger partial charge in [-0.05, 0) is 32.9 Å². The van der Waals surface area contributed by atoms with E-state index in [1.54, 1.807) is 32.9 Å². The van der Waals surface area contributed by atoms with E-state index in [1.165, 1.54) is 4.90 Å². The number of hydrogen-bond donors (Lipinski definition) is 1. The van der Waals surface area contributed by atoms with E-state index in [0.717, 1.165) is 0 Å². The summed E-state index contributed by atoms with van der Waals surface area (Å²) in [4.78, 5) is 37.8. The van der Waals surface area contributed by atoms with Crippen molar-refractivity contribution in [2.45, 2.75) is 38.8 Å². The number of amides is 2. The van der Waals surface area contributed by atoms with Crippen LogP contribution in [-0.4, -0.2) is 60.8 Å². The van der Waals surface area contributed by atoms with Gasteiger partial charge in [0.1, 0.15) is 30.6 Å². The highest BCUT2D eigenvalue weighted by atomic mass is 16.6.